The molecular weight excluding hydrogens is 679 g/mol. The van der Waals surface area contributed by atoms with E-state index in [0.717, 1.165) is 70.6 Å². The van der Waals surface area contributed by atoms with Crippen LogP contribution in [0.5, 0.6) is 0 Å². The summed E-state index contributed by atoms with van der Waals surface area (Å²) in [5, 5.41) is 18.3. The average Bonchev–Trinajstić information content (AvgIpc) is 3.13. The van der Waals surface area contributed by atoms with E-state index in [1.165, 1.54) is 25.7 Å². The summed E-state index contributed by atoms with van der Waals surface area (Å²) >= 11 is 0. The molecule has 0 saturated heterocycles. The second kappa shape index (κ2) is 38.4. The van der Waals surface area contributed by atoms with Crippen molar-refractivity contribution in [3.63, 3.8) is 0 Å². The zero-order valence-electron chi connectivity index (χ0n) is 32.2. The minimum Gasteiger partial charge on any atom is -0.457 e. The fraction of sp³-hybridized carbons (Fsp3) is 0.643. The highest BCUT2D eigenvalue weighted by atomic mass is 31.2. The predicted molar refractivity (Wildman–Crippen MR) is 214 cm³/mol. The van der Waals surface area contributed by atoms with E-state index >= 15 is 0 Å². The van der Waals surface area contributed by atoms with Crippen LogP contribution in [0.15, 0.2) is 85.1 Å². The molecule has 0 radical (unpaired) electrons. The first-order chi connectivity index (χ1) is 25.3. The summed E-state index contributed by atoms with van der Waals surface area (Å²) in [5.74, 6) is -0.426. The van der Waals surface area contributed by atoms with Gasteiger partial charge in [-0.25, -0.2) is 4.57 Å². The minimum atomic E-state index is -4.54. The van der Waals surface area contributed by atoms with E-state index in [-0.39, 0.29) is 13.0 Å². The van der Waals surface area contributed by atoms with Gasteiger partial charge >= 0.3 is 13.8 Å². The molecule has 0 amide bonds. The lowest BCUT2D eigenvalue weighted by molar-refractivity contribution is -0.154. The number of hydrogen-bond acceptors (Lipinski definition) is 8. The molecule has 0 heterocycles. The molecule has 0 aromatic carbocycles. The first-order valence-corrected chi connectivity index (χ1v) is 21.1. The van der Waals surface area contributed by atoms with E-state index < -0.39 is 45.8 Å². The lowest BCUT2D eigenvalue weighted by Gasteiger charge is -2.20. The number of ether oxygens (including phenoxy) is 2. The van der Waals surface area contributed by atoms with Gasteiger partial charge in [0.25, 0.3) is 0 Å². The van der Waals surface area contributed by atoms with Crippen LogP contribution in [-0.4, -0.2) is 66.3 Å². The lowest BCUT2D eigenvalue weighted by Crippen LogP contribution is -2.29. The number of hydrogen-bond donors (Lipinski definition) is 3. The maximum Gasteiger partial charge on any atom is 0.472 e. The monoisotopic (exact) mass is 750 g/mol. The SMILES string of the molecule is CC/C=C\C/C=C\C/C=C\C/C=C\C/C=C\CCOCC(COP(=O)(O)OCC(O)CO)OC(=O)CCCCCCC/C=C\C/C=C\CCCCC. The van der Waals surface area contributed by atoms with Gasteiger partial charge in [0.2, 0.25) is 0 Å². The number of aliphatic hydroxyl groups is 2. The topological polar surface area (TPSA) is 132 Å². The highest BCUT2D eigenvalue weighted by molar-refractivity contribution is 7.47. The van der Waals surface area contributed by atoms with Gasteiger partial charge < -0.3 is 24.6 Å². The molecule has 0 spiro atoms. The van der Waals surface area contributed by atoms with Crippen molar-refractivity contribution in [1.82, 2.24) is 0 Å². The fourth-order valence-corrected chi connectivity index (χ4v) is 5.41. The van der Waals surface area contributed by atoms with Crippen LogP contribution in [0.1, 0.15) is 129 Å². The number of rotatable bonds is 36. The van der Waals surface area contributed by atoms with Crippen molar-refractivity contribution in [2.24, 2.45) is 0 Å². The van der Waals surface area contributed by atoms with E-state index in [2.05, 4.69) is 92.8 Å². The molecule has 0 rings (SSSR count). The van der Waals surface area contributed by atoms with Crippen LogP contribution in [-0.2, 0) is 27.9 Å². The van der Waals surface area contributed by atoms with Crippen molar-refractivity contribution in [3.8, 4) is 0 Å². The molecule has 0 aliphatic rings. The zero-order chi connectivity index (χ0) is 38.2. The van der Waals surface area contributed by atoms with Crippen LogP contribution in [0, 0.1) is 0 Å². The first-order valence-electron chi connectivity index (χ1n) is 19.6. The van der Waals surface area contributed by atoms with Gasteiger partial charge in [-0.1, -0.05) is 131 Å². The van der Waals surface area contributed by atoms with Gasteiger partial charge in [0.1, 0.15) is 12.2 Å². The Bertz CT molecular complexity index is 1080. The van der Waals surface area contributed by atoms with Gasteiger partial charge in [0.05, 0.1) is 33.0 Å². The highest BCUT2D eigenvalue weighted by Gasteiger charge is 2.26. The zero-order valence-corrected chi connectivity index (χ0v) is 33.1. The predicted octanol–water partition coefficient (Wildman–Crippen LogP) is 10.4. The number of unbranched alkanes of at least 4 members (excludes halogenated alkanes) is 8. The van der Waals surface area contributed by atoms with E-state index in [1.807, 2.05) is 6.08 Å². The van der Waals surface area contributed by atoms with E-state index in [9.17, 15) is 19.4 Å². The Balaban J connectivity index is 4.40. The molecule has 10 heteroatoms. The van der Waals surface area contributed by atoms with E-state index in [1.54, 1.807) is 0 Å². The van der Waals surface area contributed by atoms with Gasteiger partial charge in [-0.15, -0.1) is 0 Å². The van der Waals surface area contributed by atoms with Crippen molar-refractivity contribution in [3.05, 3.63) is 85.1 Å². The number of allylic oxidation sites excluding steroid dienone is 13. The molecule has 52 heavy (non-hydrogen) atoms. The Morgan fingerprint density at radius 3 is 1.65 bits per heavy atom. The Morgan fingerprint density at radius 1 is 0.615 bits per heavy atom. The summed E-state index contributed by atoms with van der Waals surface area (Å²) in [6.45, 7) is 3.09. The Hall–Kier alpha value is -2.36. The van der Waals surface area contributed by atoms with Crippen molar-refractivity contribution >= 4 is 13.8 Å². The molecular formula is C42H71O9P. The minimum absolute atomic E-state index is 0.0160. The molecule has 3 atom stereocenters. The summed E-state index contributed by atoms with van der Waals surface area (Å²) < 4.78 is 33.1. The smallest absolute Gasteiger partial charge is 0.457 e. The molecule has 0 bridgehead atoms. The molecule has 3 N–H and O–H groups in total. The molecule has 3 unspecified atom stereocenters. The Morgan fingerprint density at radius 2 is 1.10 bits per heavy atom. The molecule has 9 nitrogen and oxygen atoms in total. The van der Waals surface area contributed by atoms with E-state index in [4.69, 9.17) is 23.6 Å². The van der Waals surface area contributed by atoms with Crippen LogP contribution in [0.3, 0.4) is 0 Å². The van der Waals surface area contributed by atoms with Gasteiger partial charge in [0, 0.05) is 6.42 Å². The highest BCUT2D eigenvalue weighted by Crippen LogP contribution is 2.43. The summed E-state index contributed by atoms with van der Waals surface area (Å²) in [5.41, 5.74) is 0. The summed E-state index contributed by atoms with van der Waals surface area (Å²) in [6.07, 6.45) is 45.6. The standard InChI is InChI=1S/C42H71O9P/c1-3-5-7-9-11-13-15-17-19-21-23-25-27-29-31-33-35-48-38-41(39-50-52(46,47)49-37-40(44)36-43)51-42(45)34-32-30-28-26-24-22-20-18-16-14-12-10-8-6-4-2/h5,7,11-14,17-20,23,25,29,31,40-41,43-44H,3-4,6,8-10,15-16,21-22,24,26-28,30,32-39H2,1-2H3,(H,46,47)/b7-5-,13-11-,14-12-,19-17-,20-18-,25-23-,31-29-. The lowest BCUT2D eigenvalue weighted by atomic mass is 10.1. The quantitative estimate of drug-likeness (QED) is 0.0248. The van der Waals surface area contributed by atoms with Crippen LogP contribution >= 0.6 is 7.82 Å². The molecule has 0 aliphatic heterocycles. The molecule has 0 aromatic rings. The van der Waals surface area contributed by atoms with Crippen molar-refractivity contribution in [2.45, 2.75) is 142 Å². The number of carbonyl (C=O) groups is 1. The van der Waals surface area contributed by atoms with E-state index in [0.29, 0.717) is 19.4 Å². The Labute approximate surface area is 315 Å². The summed E-state index contributed by atoms with van der Waals surface area (Å²) in [4.78, 5) is 22.5. The number of phosphoric acid groups is 1. The molecule has 0 aromatic heterocycles. The molecule has 0 saturated carbocycles. The van der Waals surface area contributed by atoms with Crippen LogP contribution < -0.4 is 0 Å². The maximum atomic E-state index is 12.6. The largest absolute Gasteiger partial charge is 0.472 e. The third kappa shape index (κ3) is 37.4. The molecule has 298 valence electrons. The van der Waals surface area contributed by atoms with Gasteiger partial charge in [-0.3, -0.25) is 13.8 Å². The molecule has 0 fully saturated rings. The normalized spacial score (nSPS) is 15.1. The van der Waals surface area contributed by atoms with Crippen molar-refractivity contribution < 1.29 is 43.0 Å². The fourth-order valence-electron chi connectivity index (χ4n) is 4.62. The van der Waals surface area contributed by atoms with Gasteiger partial charge in [-0.2, -0.15) is 0 Å². The van der Waals surface area contributed by atoms with Gasteiger partial charge in [0.15, 0.2) is 0 Å². The summed E-state index contributed by atoms with van der Waals surface area (Å²) in [6, 6.07) is 0. The second-order valence-corrected chi connectivity index (χ2v) is 14.0. The third-order valence-corrected chi connectivity index (χ3v) is 8.54. The average molecular weight is 751 g/mol. The number of phosphoric ester groups is 1. The van der Waals surface area contributed by atoms with Crippen LogP contribution in [0.25, 0.3) is 0 Å². The first kappa shape index (κ1) is 49.6. The second-order valence-electron chi connectivity index (χ2n) is 12.6. The third-order valence-electron chi connectivity index (χ3n) is 7.58. The number of esters is 1. The van der Waals surface area contributed by atoms with Gasteiger partial charge in [-0.05, 0) is 77.0 Å². The van der Waals surface area contributed by atoms with Crippen LogP contribution in [0.2, 0.25) is 0 Å². The Kier molecular flexibility index (Phi) is 36.6. The van der Waals surface area contributed by atoms with Crippen molar-refractivity contribution in [2.75, 3.05) is 33.0 Å². The molecule has 0 aliphatic carbocycles. The number of aliphatic hydroxyl groups excluding tert-OH is 2. The van der Waals surface area contributed by atoms with Crippen molar-refractivity contribution in [1.29, 1.82) is 0 Å². The maximum absolute atomic E-state index is 12.6. The summed E-state index contributed by atoms with van der Waals surface area (Å²) in [7, 11) is -4.54. The number of carbonyl (C=O) groups excluding carboxylic acids is 1. The van der Waals surface area contributed by atoms with Crippen LogP contribution in [0.4, 0.5) is 0 Å².